The summed E-state index contributed by atoms with van der Waals surface area (Å²) in [5.41, 5.74) is -0.172. The van der Waals surface area contributed by atoms with E-state index in [4.69, 9.17) is 16.3 Å². The van der Waals surface area contributed by atoms with E-state index in [1.54, 1.807) is 0 Å². The molecule has 5 rings (SSSR count). The molecule has 1 aliphatic carbocycles. The summed E-state index contributed by atoms with van der Waals surface area (Å²) in [4.78, 5) is 2.17. The van der Waals surface area contributed by atoms with Crippen molar-refractivity contribution in [1.82, 2.24) is 4.90 Å². The summed E-state index contributed by atoms with van der Waals surface area (Å²) >= 11 is 5.97. The molecule has 0 unspecified atom stereocenters. The van der Waals surface area contributed by atoms with E-state index in [9.17, 15) is 12.8 Å². The molecular weight excluding hydrogens is 432 g/mol. The molecule has 0 amide bonds. The zero-order valence-corrected chi connectivity index (χ0v) is 17.9. The minimum atomic E-state index is -4.09. The molecule has 0 radical (unpaired) electrons. The van der Waals surface area contributed by atoms with E-state index in [0.717, 1.165) is 31.5 Å². The highest BCUT2D eigenvalue weighted by atomic mass is 35.5. The number of sulfone groups is 1. The second-order valence-electron chi connectivity index (χ2n) is 8.45. The highest BCUT2D eigenvalue weighted by Crippen LogP contribution is 2.54. The van der Waals surface area contributed by atoms with Gasteiger partial charge in [-0.1, -0.05) is 11.6 Å². The van der Waals surface area contributed by atoms with Crippen LogP contribution in [-0.2, 0) is 14.6 Å². The van der Waals surface area contributed by atoms with Crippen LogP contribution in [0.1, 0.15) is 31.2 Å². The first-order valence-corrected chi connectivity index (χ1v) is 12.1. The number of rotatable bonds is 4. The summed E-state index contributed by atoms with van der Waals surface area (Å²) < 4.78 is 62.1. The molecule has 0 aromatic heterocycles. The maximum absolute atomic E-state index is 15.2. The van der Waals surface area contributed by atoms with E-state index in [1.807, 2.05) is 0 Å². The van der Waals surface area contributed by atoms with Crippen molar-refractivity contribution in [3.05, 3.63) is 58.6 Å². The zero-order chi connectivity index (χ0) is 21.1. The van der Waals surface area contributed by atoms with Crippen LogP contribution in [0.25, 0.3) is 0 Å². The Morgan fingerprint density at radius 3 is 2.50 bits per heavy atom. The van der Waals surface area contributed by atoms with Gasteiger partial charge in [-0.3, -0.25) is 4.90 Å². The van der Waals surface area contributed by atoms with E-state index < -0.39 is 32.3 Å². The Morgan fingerprint density at radius 2 is 1.80 bits per heavy atom. The van der Waals surface area contributed by atoms with Gasteiger partial charge in [0.15, 0.2) is 21.4 Å². The predicted octanol–water partition coefficient (Wildman–Crippen LogP) is 4.55. The molecule has 3 aliphatic rings. The van der Waals surface area contributed by atoms with E-state index >= 15 is 4.39 Å². The van der Waals surface area contributed by atoms with Crippen LogP contribution in [0.5, 0.6) is 5.75 Å². The van der Waals surface area contributed by atoms with Gasteiger partial charge in [0.05, 0.1) is 16.5 Å². The van der Waals surface area contributed by atoms with Crippen molar-refractivity contribution in [2.75, 3.05) is 19.7 Å². The fourth-order valence-electron chi connectivity index (χ4n) is 5.05. The second-order valence-corrected chi connectivity index (χ2v) is 11.1. The van der Waals surface area contributed by atoms with Crippen LogP contribution in [0.4, 0.5) is 8.78 Å². The summed E-state index contributed by atoms with van der Waals surface area (Å²) in [6.45, 7) is 1.47. The molecule has 0 spiro atoms. The Labute approximate surface area is 179 Å². The zero-order valence-electron chi connectivity index (χ0n) is 16.3. The molecule has 2 heterocycles. The van der Waals surface area contributed by atoms with Gasteiger partial charge in [-0.25, -0.2) is 17.2 Å². The third-order valence-electron chi connectivity index (χ3n) is 6.63. The van der Waals surface area contributed by atoms with E-state index in [1.165, 1.54) is 24.3 Å². The maximum atomic E-state index is 15.2. The first-order valence-electron chi connectivity index (χ1n) is 10.2. The van der Waals surface area contributed by atoms with Gasteiger partial charge < -0.3 is 4.74 Å². The van der Waals surface area contributed by atoms with Gasteiger partial charge in [0.1, 0.15) is 17.2 Å². The SMILES string of the molecule is O=S(=O)(c1ccc(Cl)cc1)[C@]12CCCN(CC3CC3)[C@H]1COc1c(F)ccc(F)c12. The Bertz CT molecular complexity index is 1090. The lowest BCUT2D eigenvalue weighted by atomic mass is 9.80. The predicted molar refractivity (Wildman–Crippen MR) is 109 cm³/mol. The van der Waals surface area contributed by atoms with Crippen LogP contribution in [0.3, 0.4) is 0 Å². The molecule has 1 saturated heterocycles. The third kappa shape index (κ3) is 2.97. The van der Waals surface area contributed by atoms with Crippen molar-refractivity contribution in [3.63, 3.8) is 0 Å². The Hall–Kier alpha value is -1.70. The number of ether oxygens (including phenoxy) is 1. The van der Waals surface area contributed by atoms with Crippen LogP contribution in [0.15, 0.2) is 41.3 Å². The molecule has 2 aromatic rings. The first kappa shape index (κ1) is 20.2. The van der Waals surface area contributed by atoms with Gasteiger partial charge in [0, 0.05) is 11.6 Å². The van der Waals surface area contributed by atoms with E-state index in [2.05, 4.69) is 4.90 Å². The molecule has 2 fully saturated rings. The second kappa shape index (κ2) is 7.18. The molecule has 30 heavy (non-hydrogen) atoms. The number of hydrogen-bond donors (Lipinski definition) is 0. The van der Waals surface area contributed by atoms with Crippen LogP contribution >= 0.6 is 11.6 Å². The molecule has 2 aromatic carbocycles. The van der Waals surface area contributed by atoms with Gasteiger partial charge in [-0.2, -0.15) is 0 Å². The van der Waals surface area contributed by atoms with Crippen molar-refractivity contribution >= 4 is 21.4 Å². The standard InChI is InChI=1S/C22H22ClF2NO3S/c23-15-4-6-16(7-5-15)30(27,28)22-10-1-11-26(12-14-2-3-14)19(22)13-29-21-18(25)9-8-17(24)20(21)22/h4-9,14,19H,1-3,10-13H2/t19-,22+/m0/s1. The van der Waals surface area contributed by atoms with Crippen molar-refractivity contribution in [2.45, 2.75) is 41.4 Å². The molecule has 2 atom stereocenters. The van der Waals surface area contributed by atoms with Crippen LogP contribution in [-0.4, -0.2) is 39.1 Å². The summed E-state index contributed by atoms with van der Waals surface area (Å²) in [5.74, 6) is -1.24. The molecular formula is C22H22ClF2NO3S. The molecule has 1 saturated carbocycles. The monoisotopic (exact) mass is 453 g/mol. The average Bonchev–Trinajstić information content (AvgIpc) is 3.54. The number of halogens is 3. The molecule has 2 aliphatic heterocycles. The summed E-state index contributed by atoms with van der Waals surface area (Å²) in [6.07, 6.45) is 3.01. The van der Waals surface area contributed by atoms with Crippen molar-refractivity contribution < 1.29 is 21.9 Å². The minimum Gasteiger partial charge on any atom is -0.488 e. The molecule has 0 N–H and O–H groups in total. The molecule has 0 bridgehead atoms. The lowest BCUT2D eigenvalue weighted by Crippen LogP contribution is -2.63. The molecule has 4 nitrogen and oxygen atoms in total. The lowest BCUT2D eigenvalue weighted by molar-refractivity contribution is 0.0408. The maximum Gasteiger partial charge on any atom is 0.190 e. The number of hydrogen-bond acceptors (Lipinski definition) is 4. The fourth-order valence-corrected chi connectivity index (χ4v) is 7.54. The Kier molecular flexibility index (Phi) is 4.84. The number of fused-ring (bicyclic) bond motifs is 3. The largest absolute Gasteiger partial charge is 0.488 e. The average molecular weight is 454 g/mol. The summed E-state index contributed by atoms with van der Waals surface area (Å²) in [6, 6.07) is 7.29. The van der Waals surface area contributed by atoms with Gasteiger partial charge in [0.2, 0.25) is 0 Å². The minimum absolute atomic E-state index is 0.00686. The third-order valence-corrected chi connectivity index (χ3v) is 9.42. The highest BCUT2D eigenvalue weighted by Gasteiger charge is 2.60. The topological polar surface area (TPSA) is 46.6 Å². The van der Waals surface area contributed by atoms with Crippen LogP contribution < -0.4 is 4.74 Å². The Morgan fingerprint density at radius 1 is 1.10 bits per heavy atom. The first-order chi connectivity index (χ1) is 14.3. The van der Waals surface area contributed by atoms with Crippen molar-refractivity contribution in [2.24, 2.45) is 5.92 Å². The highest BCUT2D eigenvalue weighted by molar-refractivity contribution is 7.92. The number of benzene rings is 2. The van der Waals surface area contributed by atoms with E-state index in [-0.39, 0.29) is 29.2 Å². The molecule has 8 heteroatoms. The number of nitrogens with zero attached hydrogens (tertiary/aromatic N) is 1. The normalized spacial score (nSPS) is 26.6. The van der Waals surface area contributed by atoms with Gasteiger partial charge in [-0.05, 0) is 74.5 Å². The van der Waals surface area contributed by atoms with Gasteiger partial charge in [-0.15, -0.1) is 0 Å². The fraction of sp³-hybridized carbons (Fsp3) is 0.455. The van der Waals surface area contributed by atoms with Crippen molar-refractivity contribution in [3.8, 4) is 5.75 Å². The summed E-state index contributed by atoms with van der Waals surface area (Å²) in [7, 11) is -4.09. The van der Waals surface area contributed by atoms with Gasteiger partial charge in [0.25, 0.3) is 0 Å². The molecule has 160 valence electrons. The summed E-state index contributed by atoms with van der Waals surface area (Å²) in [5, 5.41) is 0.409. The Balaban J connectivity index is 1.75. The number of likely N-dealkylation sites (tertiary alicyclic amines) is 1. The number of piperidine rings is 1. The van der Waals surface area contributed by atoms with Crippen molar-refractivity contribution in [1.29, 1.82) is 0 Å². The van der Waals surface area contributed by atoms with Crippen LogP contribution in [0, 0.1) is 17.6 Å². The lowest BCUT2D eigenvalue weighted by Gasteiger charge is -2.52. The van der Waals surface area contributed by atoms with Crippen LogP contribution in [0.2, 0.25) is 5.02 Å². The van der Waals surface area contributed by atoms with E-state index in [0.29, 0.717) is 23.9 Å². The van der Waals surface area contributed by atoms with Gasteiger partial charge >= 0.3 is 0 Å². The smallest absolute Gasteiger partial charge is 0.190 e. The quantitative estimate of drug-likeness (QED) is 0.681.